The molecule has 0 aliphatic carbocycles. The zero-order valence-electron chi connectivity index (χ0n) is 12.1. The van der Waals surface area contributed by atoms with Crippen molar-refractivity contribution in [2.24, 2.45) is 0 Å². The van der Waals surface area contributed by atoms with E-state index in [1.165, 1.54) is 0 Å². The van der Waals surface area contributed by atoms with Crippen molar-refractivity contribution in [1.82, 2.24) is 9.97 Å². The van der Waals surface area contributed by atoms with Crippen LogP contribution in [0.3, 0.4) is 0 Å². The molecule has 1 fully saturated rings. The second kappa shape index (κ2) is 6.19. The number of nitrogens with one attached hydrogen (secondary N) is 2. The highest BCUT2D eigenvalue weighted by molar-refractivity contribution is 5.57. The fraction of sp³-hybridized carbons (Fsp3) is 0.714. The Morgan fingerprint density at radius 2 is 1.95 bits per heavy atom. The maximum Gasteiger partial charge on any atom is 0.134 e. The Balaban J connectivity index is 2.11. The first-order valence-electron chi connectivity index (χ1n) is 7.06. The van der Waals surface area contributed by atoms with E-state index in [1.807, 2.05) is 0 Å². The number of nitrogens with zero attached hydrogens (tertiary/aromatic N) is 2. The quantitative estimate of drug-likeness (QED) is 0.856. The number of aromatic nitrogens is 2. The van der Waals surface area contributed by atoms with Gasteiger partial charge >= 0.3 is 0 Å². The Labute approximate surface area is 115 Å². The highest BCUT2D eigenvalue weighted by Gasteiger charge is 2.28. The van der Waals surface area contributed by atoms with Gasteiger partial charge in [-0.05, 0) is 33.1 Å². The summed E-state index contributed by atoms with van der Waals surface area (Å²) in [6.45, 7) is 9.00. The topological polar surface area (TPSA) is 59.1 Å². The van der Waals surface area contributed by atoms with Gasteiger partial charge in [0.1, 0.15) is 18.0 Å². The van der Waals surface area contributed by atoms with Crippen molar-refractivity contribution >= 4 is 11.6 Å². The van der Waals surface area contributed by atoms with Gasteiger partial charge in [0, 0.05) is 30.9 Å². The number of hydrogen-bond donors (Lipinski definition) is 2. The van der Waals surface area contributed by atoms with Gasteiger partial charge in [0.15, 0.2) is 0 Å². The molecule has 1 aromatic heterocycles. The minimum Gasteiger partial charge on any atom is -0.381 e. The summed E-state index contributed by atoms with van der Waals surface area (Å²) in [5, 5.41) is 6.91. The van der Waals surface area contributed by atoms with Crippen LogP contribution >= 0.6 is 0 Å². The lowest BCUT2D eigenvalue weighted by Gasteiger charge is -2.35. The molecule has 1 saturated heterocycles. The molecule has 0 aromatic carbocycles. The van der Waals surface area contributed by atoms with Gasteiger partial charge in [-0.25, -0.2) is 9.97 Å². The molecule has 1 aromatic rings. The van der Waals surface area contributed by atoms with Gasteiger partial charge in [-0.1, -0.05) is 6.92 Å². The molecule has 106 valence electrons. The lowest BCUT2D eigenvalue weighted by molar-refractivity contribution is 0.0657. The Hall–Kier alpha value is -1.36. The Bertz CT molecular complexity index is 416. The van der Waals surface area contributed by atoms with Crippen molar-refractivity contribution < 1.29 is 4.74 Å². The average Bonchev–Trinajstić information content (AvgIpc) is 2.40. The van der Waals surface area contributed by atoms with Crippen LogP contribution in [-0.2, 0) is 4.74 Å². The van der Waals surface area contributed by atoms with Gasteiger partial charge in [0.2, 0.25) is 0 Å². The lowest BCUT2D eigenvalue weighted by Crippen LogP contribution is -2.41. The van der Waals surface area contributed by atoms with E-state index in [1.54, 1.807) is 6.33 Å². The normalized spacial score (nSPS) is 18.1. The number of hydrogen-bond acceptors (Lipinski definition) is 5. The largest absolute Gasteiger partial charge is 0.381 e. The predicted molar refractivity (Wildman–Crippen MR) is 77.6 cm³/mol. The Morgan fingerprint density at radius 1 is 1.26 bits per heavy atom. The van der Waals surface area contributed by atoms with Gasteiger partial charge in [-0.15, -0.1) is 0 Å². The molecule has 0 unspecified atom stereocenters. The summed E-state index contributed by atoms with van der Waals surface area (Å²) in [5.74, 6) is 1.85. The van der Waals surface area contributed by atoms with Crippen LogP contribution in [0.1, 0.15) is 38.7 Å². The van der Waals surface area contributed by atoms with Gasteiger partial charge in [0.05, 0.1) is 0 Å². The molecular formula is C14H24N4O. The minimum atomic E-state index is 0.0688. The highest BCUT2D eigenvalue weighted by Crippen LogP contribution is 2.27. The zero-order valence-corrected chi connectivity index (χ0v) is 12.1. The fourth-order valence-corrected chi connectivity index (χ4v) is 2.23. The third-order valence-corrected chi connectivity index (χ3v) is 3.64. The van der Waals surface area contributed by atoms with E-state index in [-0.39, 0.29) is 5.54 Å². The van der Waals surface area contributed by atoms with Gasteiger partial charge in [-0.3, -0.25) is 0 Å². The third kappa shape index (κ3) is 3.56. The molecule has 0 saturated carbocycles. The maximum absolute atomic E-state index is 5.42. The van der Waals surface area contributed by atoms with Crippen LogP contribution in [0.15, 0.2) is 6.33 Å². The van der Waals surface area contributed by atoms with Crippen molar-refractivity contribution in [1.29, 1.82) is 0 Å². The first kappa shape index (κ1) is 14.1. The van der Waals surface area contributed by atoms with E-state index in [2.05, 4.69) is 41.4 Å². The van der Waals surface area contributed by atoms with Crippen LogP contribution in [0.4, 0.5) is 11.6 Å². The molecular weight excluding hydrogens is 240 g/mol. The molecule has 1 aliphatic rings. The zero-order chi connectivity index (χ0) is 13.7. The SMILES string of the molecule is CCCNc1ncnc(NC2(C)CCOCC2)c1C. The van der Waals surface area contributed by atoms with Crippen LogP contribution in [0, 0.1) is 6.92 Å². The molecule has 2 rings (SSSR count). The van der Waals surface area contributed by atoms with Crippen molar-refractivity contribution in [3.8, 4) is 0 Å². The molecule has 5 nitrogen and oxygen atoms in total. The van der Waals surface area contributed by atoms with Crippen molar-refractivity contribution in [2.75, 3.05) is 30.4 Å². The second-order valence-electron chi connectivity index (χ2n) is 5.42. The summed E-state index contributed by atoms with van der Waals surface area (Å²) in [6.07, 6.45) is 4.72. The van der Waals surface area contributed by atoms with Crippen LogP contribution in [-0.4, -0.2) is 35.3 Å². The van der Waals surface area contributed by atoms with E-state index in [0.29, 0.717) is 0 Å². The van der Waals surface area contributed by atoms with Gasteiger partial charge in [-0.2, -0.15) is 0 Å². The van der Waals surface area contributed by atoms with E-state index in [9.17, 15) is 0 Å². The first-order chi connectivity index (χ1) is 9.14. The summed E-state index contributed by atoms with van der Waals surface area (Å²) in [4.78, 5) is 8.69. The molecule has 0 spiro atoms. The summed E-state index contributed by atoms with van der Waals surface area (Å²) in [7, 11) is 0. The highest BCUT2D eigenvalue weighted by atomic mass is 16.5. The summed E-state index contributed by atoms with van der Waals surface area (Å²) < 4.78 is 5.42. The van der Waals surface area contributed by atoms with Gasteiger partial charge in [0.25, 0.3) is 0 Å². The molecule has 0 bridgehead atoms. The standard InChI is InChI=1S/C14H24N4O/c1-4-7-15-12-11(2)13(17-10-16-12)18-14(3)5-8-19-9-6-14/h10H,4-9H2,1-3H3,(H2,15,16,17,18). The van der Waals surface area contributed by atoms with Crippen LogP contribution in [0.25, 0.3) is 0 Å². The van der Waals surface area contributed by atoms with E-state index < -0.39 is 0 Å². The second-order valence-corrected chi connectivity index (χ2v) is 5.42. The molecule has 2 heterocycles. The van der Waals surface area contributed by atoms with Crippen molar-refractivity contribution in [3.63, 3.8) is 0 Å². The molecule has 5 heteroatoms. The first-order valence-corrected chi connectivity index (χ1v) is 7.06. The van der Waals surface area contributed by atoms with Gasteiger partial charge < -0.3 is 15.4 Å². The lowest BCUT2D eigenvalue weighted by atomic mass is 9.92. The van der Waals surface area contributed by atoms with E-state index in [0.717, 1.165) is 56.2 Å². The molecule has 1 aliphatic heterocycles. The molecule has 0 atom stereocenters. The number of anilines is 2. The molecule has 0 radical (unpaired) electrons. The monoisotopic (exact) mass is 264 g/mol. The number of rotatable bonds is 5. The predicted octanol–water partition coefficient (Wildman–Crippen LogP) is 2.59. The fourth-order valence-electron chi connectivity index (χ4n) is 2.23. The van der Waals surface area contributed by atoms with Crippen molar-refractivity contribution in [3.05, 3.63) is 11.9 Å². The molecule has 19 heavy (non-hydrogen) atoms. The molecule has 2 N–H and O–H groups in total. The van der Waals surface area contributed by atoms with E-state index >= 15 is 0 Å². The van der Waals surface area contributed by atoms with Crippen LogP contribution in [0.2, 0.25) is 0 Å². The Kier molecular flexibility index (Phi) is 4.58. The summed E-state index contributed by atoms with van der Waals surface area (Å²) >= 11 is 0. The molecule has 0 amide bonds. The minimum absolute atomic E-state index is 0.0688. The summed E-state index contributed by atoms with van der Waals surface area (Å²) in [5.41, 5.74) is 1.16. The van der Waals surface area contributed by atoms with E-state index in [4.69, 9.17) is 4.74 Å². The summed E-state index contributed by atoms with van der Waals surface area (Å²) in [6, 6.07) is 0. The Morgan fingerprint density at radius 3 is 2.63 bits per heavy atom. The number of ether oxygens (including phenoxy) is 1. The average molecular weight is 264 g/mol. The maximum atomic E-state index is 5.42. The van der Waals surface area contributed by atoms with Crippen molar-refractivity contribution in [2.45, 2.75) is 45.6 Å². The smallest absolute Gasteiger partial charge is 0.134 e. The van der Waals surface area contributed by atoms with Crippen LogP contribution in [0.5, 0.6) is 0 Å². The third-order valence-electron chi connectivity index (χ3n) is 3.64. The van der Waals surface area contributed by atoms with Crippen LogP contribution < -0.4 is 10.6 Å².